The summed E-state index contributed by atoms with van der Waals surface area (Å²) in [5, 5.41) is 0. The molecule has 0 radical (unpaired) electrons. The minimum absolute atomic E-state index is 0.706. The summed E-state index contributed by atoms with van der Waals surface area (Å²) in [5.41, 5.74) is 2.89. The van der Waals surface area contributed by atoms with Crippen LogP contribution in [0.15, 0.2) is 54.9 Å². The van der Waals surface area contributed by atoms with Gasteiger partial charge >= 0.3 is 0 Å². The summed E-state index contributed by atoms with van der Waals surface area (Å²) in [5.74, 6) is 0.706. The number of pyridine rings is 1. The van der Waals surface area contributed by atoms with Gasteiger partial charge in [0.2, 0.25) is 0 Å². The number of rotatable bonds is 2. The summed E-state index contributed by atoms with van der Waals surface area (Å²) in [6, 6.07) is 15.2. The zero-order valence-corrected chi connectivity index (χ0v) is 11.5. The van der Waals surface area contributed by atoms with Crippen molar-refractivity contribution >= 4 is 5.69 Å². The van der Waals surface area contributed by atoms with Gasteiger partial charge in [-0.1, -0.05) is 18.2 Å². The van der Waals surface area contributed by atoms with Crippen molar-refractivity contribution in [2.45, 2.75) is 18.8 Å². The van der Waals surface area contributed by atoms with Gasteiger partial charge in [0.25, 0.3) is 0 Å². The van der Waals surface area contributed by atoms with Crippen LogP contribution < -0.4 is 4.48 Å². The maximum atomic E-state index is 4.11. The molecule has 0 saturated carbocycles. The molecule has 1 saturated heterocycles. The van der Waals surface area contributed by atoms with Crippen molar-refractivity contribution in [1.29, 1.82) is 0 Å². The molecule has 2 heteroatoms. The number of likely N-dealkylation sites (tertiary alicyclic amines) is 1. The Labute approximate surface area is 115 Å². The predicted molar refractivity (Wildman–Crippen MR) is 80.1 cm³/mol. The Bertz CT molecular complexity index is 513. The van der Waals surface area contributed by atoms with E-state index in [9.17, 15) is 0 Å². The third kappa shape index (κ3) is 2.54. The Morgan fingerprint density at radius 1 is 0.947 bits per heavy atom. The van der Waals surface area contributed by atoms with Crippen molar-refractivity contribution in [3.63, 3.8) is 0 Å². The lowest BCUT2D eigenvalue weighted by Crippen LogP contribution is -2.50. The average Bonchev–Trinajstić information content (AvgIpc) is 2.50. The molecule has 1 aliphatic rings. The van der Waals surface area contributed by atoms with Gasteiger partial charge in [0.1, 0.15) is 5.69 Å². The van der Waals surface area contributed by atoms with E-state index in [4.69, 9.17) is 0 Å². The van der Waals surface area contributed by atoms with Crippen LogP contribution in [0.4, 0.5) is 5.69 Å². The van der Waals surface area contributed by atoms with Crippen LogP contribution in [-0.4, -0.2) is 25.1 Å². The minimum Gasteiger partial charge on any atom is -0.294 e. The molecule has 0 aliphatic carbocycles. The molecule has 1 fully saturated rings. The summed E-state index contributed by atoms with van der Waals surface area (Å²) in [4.78, 5) is 4.11. The van der Waals surface area contributed by atoms with Gasteiger partial charge in [-0.3, -0.25) is 9.47 Å². The van der Waals surface area contributed by atoms with E-state index < -0.39 is 0 Å². The second-order valence-corrected chi connectivity index (χ2v) is 5.73. The molecule has 19 heavy (non-hydrogen) atoms. The molecule has 2 heterocycles. The molecule has 0 bridgehead atoms. The first-order valence-electron chi connectivity index (χ1n) is 7.08. The SMILES string of the molecule is C[N+]1(c2ccccc2)CCC(c2ccncc2)CC1. The van der Waals surface area contributed by atoms with Gasteiger partial charge in [0, 0.05) is 25.2 Å². The molecular weight excluding hydrogens is 232 g/mol. The molecule has 0 spiro atoms. The fourth-order valence-corrected chi connectivity index (χ4v) is 3.15. The van der Waals surface area contributed by atoms with Gasteiger partial charge in [-0.25, -0.2) is 0 Å². The summed E-state index contributed by atoms with van der Waals surface area (Å²) in [6.07, 6.45) is 6.34. The summed E-state index contributed by atoms with van der Waals surface area (Å²) < 4.78 is 1.07. The van der Waals surface area contributed by atoms with Crippen LogP contribution in [0.5, 0.6) is 0 Å². The third-order valence-electron chi connectivity index (χ3n) is 4.50. The Morgan fingerprint density at radius 2 is 1.58 bits per heavy atom. The van der Waals surface area contributed by atoms with Gasteiger partial charge in [0.15, 0.2) is 0 Å². The van der Waals surface area contributed by atoms with E-state index in [0.717, 1.165) is 4.48 Å². The quantitative estimate of drug-likeness (QED) is 0.745. The second kappa shape index (κ2) is 5.14. The van der Waals surface area contributed by atoms with E-state index in [-0.39, 0.29) is 0 Å². The average molecular weight is 253 g/mol. The number of para-hydroxylation sites is 1. The molecule has 0 amide bonds. The Hall–Kier alpha value is -1.67. The molecule has 1 aromatic heterocycles. The number of hydrogen-bond acceptors (Lipinski definition) is 1. The highest BCUT2D eigenvalue weighted by molar-refractivity contribution is 5.42. The van der Waals surface area contributed by atoms with Gasteiger partial charge in [-0.15, -0.1) is 0 Å². The summed E-state index contributed by atoms with van der Waals surface area (Å²) in [7, 11) is 2.36. The lowest BCUT2D eigenvalue weighted by Gasteiger charge is -2.40. The molecule has 3 rings (SSSR count). The van der Waals surface area contributed by atoms with Crippen molar-refractivity contribution < 1.29 is 0 Å². The predicted octanol–water partition coefficient (Wildman–Crippen LogP) is 3.60. The summed E-state index contributed by atoms with van der Waals surface area (Å²) in [6.45, 7) is 2.44. The Balaban J connectivity index is 1.73. The number of piperidine rings is 1. The van der Waals surface area contributed by atoms with Crippen molar-refractivity contribution in [2.24, 2.45) is 0 Å². The van der Waals surface area contributed by atoms with E-state index in [1.54, 1.807) is 0 Å². The zero-order chi connectivity index (χ0) is 13.1. The minimum atomic E-state index is 0.706. The molecule has 0 atom stereocenters. The van der Waals surface area contributed by atoms with E-state index in [1.807, 2.05) is 12.4 Å². The zero-order valence-electron chi connectivity index (χ0n) is 11.5. The van der Waals surface area contributed by atoms with Gasteiger partial charge in [-0.2, -0.15) is 0 Å². The topological polar surface area (TPSA) is 12.9 Å². The van der Waals surface area contributed by atoms with Crippen LogP contribution in [0.25, 0.3) is 0 Å². The molecule has 1 aliphatic heterocycles. The van der Waals surface area contributed by atoms with Crippen molar-refractivity contribution in [1.82, 2.24) is 9.47 Å². The van der Waals surface area contributed by atoms with Crippen LogP contribution in [0.2, 0.25) is 0 Å². The molecular formula is C17H21N2+. The van der Waals surface area contributed by atoms with E-state index >= 15 is 0 Å². The Kier molecular flexibility index (Phi) is 3.34. The molecule has 0 N–H and O–H groups in total. The van der Waals surface area contributed by atoms with Gasteiger partial charge in [-0.05, 0) is 35.7 Å². The highest BCUT2D eigenvalue weighted by Crippen LogP contribution is 2.33. The highest BCUT2D eigenvalue weighted by atomic mass is 15.3. The van der Waals surface area contributed by atoms with Crippen molar-refractivity contribution in [3.05, 3.63) is 60.4 Å². The van der Waals surface area contributed by atoms with E-state index in [2.05, 4.69) is 54.5 Å². The van der Waals surface area contributed by atoms with Crippen LogP contribution in [0, 0.1) is 0 Å². The number of benzene rings is 1. The Morgan fingerprint density at radius 3 is 2.21 bits per heavy atom. The first kappa shape index (κ1) is 12.4. The number of quaternary nitrogens is 1. The van der Waals surface area contributed by atoms with E-state index in [0.29, 0.717) is 5.92 Å². The van der Waals surface area contributed by atoms with Gasteiger partial charge < -0.3 is 0 Å². The first-order chi connectivity index (χ1) is 9.28. The van der Waals surface area contributed by atoms with Crippen molar-refractivity contribution in [3.8, 4) is 0 Å². The van der Waals surface area contributed by atoms with Gasteiger partial charge in [0.05, 0.1) is 20.1 Å². The normalized spacial score (nSPS) is 27.1. The standard InChI is InChI=1S/C17H21N2/c1-19(17-5-3-2-4-6-17)13-9-16(10-14-19)15-7-11-18-12-8-15/h2-8,11-12,16H,9-10,13-14H2,1H3/q+1. The third-order valence-corrected chi connectivity index (χ3v) is 4.50. The maximum Gasteiger partial charge on any atom is 0.132 e. The van der Waals surface area contributed by atoms with Crippen molar-refractivity contribution in [2.75, 3.05) is 20.1 Å². The van der Waals surface area contributed by atoms with Crippen LogP contribution in [-0.2, 0) is 0 Å². The highest BCUT2D eigenvalue weighted by Gasteiger charge is 2.32. The lowest BCUT2D eigenvalue weighted by molar-refractivity contribution is 0.254. The first-order valence-corrected chi connectivity index (χ1v) is 7.08. The van der Waals surface area contributed by atoms with Crippen LogP contribution in [0.1, 0.15) is 24.3 Å². The lowest BCUT2D eigenvalue weighted by atomic mass is 9.89. The number of nitrogens with zero attached hydrogens (tertiary/aromatic N) is 2. The molecule has 0 unspecified atom stereocenters. The molecule has 1 aromatic carbocycles. The number of hydrogen-bond donors (Lipinski definition) is 0. The van der Waals surface area contributed by atoms with Crippen LogP contribution >= 0.6 is 0 Å². The fourth-order valence-electron chi connectivity index (χ4n) is 3.15. The number of aromatic nitrogens is 1. The molecule has 2 aromatic rings. The smallest absolute Gasteiger partial charge is 0.132 e. The monoisotopic (exact) mass is 253 g/mol. The largest absolute Gasteiger partial charge is 0.294 e. The second-order valence-electron chi connectivity index (χ2n) is 5.73. The fraction of sp³-hybridized carbons (Fsp3) is 0.353. The molecule has 98 valence electrons. The molecule has 2 nitrogen and oxygen atoms in total. The summed E-state index contributed by atoms with van der Waals surface area (Å²) >= 11 is 0. The van der Waals surface area contributed by atoms with Crippen LogP contribution in [0.3, 0.4) is 0 Å². The van der Waals surface area contributed by atoms with E-state index in [1.165, 1.54) is 37.2 Å². The maximum absolute atomic E-state index is 4.11.